The van der Waals surface area contributed by atoms with E-state index in [-0.39, 0.29) is 11.8 Å². The van der Waals surface area contributed by atoms with Crippen molar-refractivity contribution in [2.45, 2.75) is 59.3 Å². The van der Waals surface area contributed by atoms with Crippen molar-refractivity contribution in [3.63, 3.8) is 0 Å². The largest absolute Gasteiger partial charge is 0.478 e. The number of ether oxygens (including phenoxy) is 1. The molecule has 0 fully saturated rings. The van der Waals surface area contributed by atoms with E-state index in [1.54, 1.807) is 16.9 Å². The lowest BCUT2D eigenvalue weighted by atomic mass is 10.1. The third-order valence-corrected chi connectivity index (χ3v) is 4.27. The van der Waals surface area contributed by atoms with Crippen molar-refractivity contribution in [3.8, 4) is 11.6 Å². The Bertz CT molecular complexity index is 767. The number of carbonyl (C=O) groups excluding carboxylic acids is 1. The molecule has 0 unspecified atom stereocenters. The lowest BCUT2D eigenvalue weighted by Crippen LogP contribution is -2.17. The zero-order valence-electron chi connectivity index (χ0n) is 16.7. The number of amides is 1. The van der Waals surface area contributed by atoms with E-state index in [9.17, 15) is 4.79 Å². The molecule has 2 aromatic rings. The Kier molecular flexibility index (Phi) is 8.75. The standard InChI is InChI=1S/C22H31N3O2/c1-4-5-6-7-8-12-15-27-21-16-19(24-22(26)18(2)3)17-23-25(21)20-13-10-9-11-14-20/h9-11,13-14,16-18H,4-8,12,15H2,1-3H3. The van der Waals surface area contributed by atoms with Crippen LogP contribution >= 0.6 is 0 Å². The summed E-state index contributed by atoms with van der Waals surface area (Å²) in [6.07, 6.45) is 8.85. The first-order valence-electron chi connectivity index (χ1n) is 9.98. The summed E-state index contributed by atoms with van der Waals surface area (Å²) in [5, 5.41) is 4.97. The third-order valence-electron chi connectivity index (χ3n) is 4.27. The molecule has 0 radical (unpaired) electrons. The average Bonchev–Trinajstić information content (AvgIpc) is 2.68. The molecule has 1 heterocycles. The minimum Gasteiger partial charge on any atom is -0.478 e. The summed E-state index contributed by atoms with van der Waals surface area (Å²) >= 11 is 0. The number of rotatable bonds is 10. The van der Waals surface area contributed by atoms with E-state index >= 15 is 0 Å². The first-order valence-corrected chi connectivity index (χ1v) is 9.98. The van der Waals surface area contributed by atoms with Gasteiger partial charge in [-0.05, 0) is 18.6 Å². The summed E-state index contributed by atoms with van der Waals surface area (Å²) in [4.78, 5) is 16.1. The number of aromatic nitrogens is 2. The highest BCUT2D eigenvalue weighted by atomic mass is 16.5. The highest BCUT2D eigenvalue weighted by molar-refractivity contribution is 5.78. The predicted molar refractivity (Wildman–Crippen MR) is 108 cm³/mol. The van der Waals surface area contributed by atoms with Gasteiger partial charge in [0.05, 0.1) is 23.8 Å². The molecule has 27 heavy (non-hydrogen) atoms. The molecule has 1 amide bonds. The Hall–Kier alpha value is -2.43. The Morgan fingerprint density at radius 2 is 1.81 bits per heavy atom. The summed E-state index contributed by atoms with van der Waals surface area (Å²) in [5.41, 5.74) is 0.914. The van der Waals surface area contributed by atoms with Gasteiger partial charge in [-0.2, -0.15) is 5.10 Å². The maximum absolute atomic E-state index is 11.9. The van der Waals surface area contributed by atoms with Crippen LogP contribution in [0.3, 0.4) is 0 Å². The van der Waals surface area contributed by atoms with Gasteiger partial charge in [0.1, 0.15) is 0 Å². The number of unbranched alkanes of at least 4 members (excludes halogenated alkanes) is 5. The van der Waals surface area contributed by atoms with Crippen LogP contribution in [0.15, 0.2) is 47.6 Å². The van der Waals surface area contributed by atoms with Gasteiger partial charge in [-0.15, -0.1) is 0 Å². The fraction of sp³-hybridized carbons (Fsp3) is 0.500. The molecule has 0 saturated carbocycles. The first kappa shape index (κ1) is 20.9. The molecule has 2 rings (SSSR count). The molecule has 146 valence electrons. The number of benzene rings is 1. The SMILES string of the molecule is CCCCCCCCOc1cc(=NC(=O)C(C)C)cnn1-c1ccccc1. The number of carbonyl (C=O) groups is 1. The van der Waals surface area contributed by atoms with E-state index < -0.39 is 0 Å². The highest BCUT2D eigenvalue weighted by Crippen LogP contribution is 2.15. The number of hydrogen-bond acceptors (Lipinski definition) is 3. The van der Waals surface area contributed by atoms with Crippen molar-refractivity contribution in [2.24, 2.45) is 10.9 Å². The molecule has 1 aromatic heterocycles. The molecular weight excluding hydrogens is 338 g/mol. The van der Waals surface area contributed by atoms with E-state index in [0.29, 0.717) is 17.8 Å². The van der Waals surface area contributed by atoms with Crippen molar-refractivity contribution in [1.29, 1.82) is 0 Å². The number of nitrogens with zero attached hydrogens (tertiary/aromatic N) is 3. The van der Waals surface area contributed by atoms with E-state index in [0.717, 1.165) is 18.5 Å². The topological polar surface area (TPSA) is 56.5 Å². The quantitative estimate of drug-likeness (QED) is 0.571. The molecule has 0 saturated heterocycles. The Balaban J connectivity index is 2.13. The summed E-state index contributed by atoms with van der Waals surface area (Å²) in [7, 11) is 0. The van der Waals surface area contributed by atoms with Crippen molar-refractivity contribution in [3.05, 3.63) is 48.0 Å². The summed E-state index contributed by atoms with van der Waals surface area (Å²) in [5.74, 6) is 0.308. The van der Waals surface area contributed by atoms with Crippen LogP contribution in [-0.2, 0) is 4.79 Å². The van der Waals surface area contributed by atoms with Crippen molar-refractivity contribution >= 4 is 5.91 Å². The average molecular weight is 370 g/mol. The van der Waals surface area contributed by atoms with Crippen LogP contribution in [0.4, 0.5) is 0 Å². The predicted octanol–water partition coefficient (Wildman–Crippen LogP) is 4.69. The molecule has 0 bridgehead atoms. The van der Waals surface area contributed by atoms with Crippen LogP contribution in [0.25, 0.3) is 5.69 Å². The lowest BCUT2D eigenvalue weighted by molar-refractivity contribution is -0.120. The molecule has 0 aliphatic carbocycles. The zero-order chi connectivity index (χ0) is 19.5. The van der Waals surface area contributed by atoms with Crippen LogP contribution in [-0.4, -0.2) is 22.3 Å². The summed E-state index contributed by atoms with van der Waals surface area (Å²) < 4.78 is 7.76. The van der Waals surface area contributed by atoms with Crippen molar-refractivity contribution in [1.82, 2.24) is 9.78 Å². The molecule has 0 aliphatic heterocycles. The first-order chi connectivity index (χ1) is 13.1. The molecule has 0 spiro atoms. The minimum absolute atomic E-state index is 0.140. The molecule has 0 atom stereocenters. The van der Waals surface area contributed by atoms with Crippen LogP contribution in [0.1, 0.15) is 59.3 Å². The van der Waals surface area contributed by atoms with E-state index in [1.807, 2.05) is 44.2 Å². The fourth-order valence-corrected chi connectivity index (χ4v) is 2.64. The summed E-state index contributed by atoms with van der Waals surface area (Å²) in [6, 6.07) is 11.6. The second kappa shape index (κ2) is 11.3. The van der Waals surface area contributed by atoms with Gasteiger partial charge in [-0.25, -0.2) is 9.67 Å². The molecular formula is C22H31N3O2. The molecule has 5 heteroatoms. The van der Waals surface area contributed by atoms with Gasteiger partial charge in [-0.3, -0.25) is 4.79 Å². The second-order valence-electron chi connectivity index (χ2n) is 7.02. The maximum atomic E-state index is 11.9. The van der Waals surface area contributed by atoms with Crippen LogP contribution in [0.2, 0.25) is 0 Å². The zero-order valence-corrected chi connectivity index (χ0v) is 16.7. The fourth-order valence-electron chi connectivity index (χ4n) is 2.64. The number of para-hydroxylation sites is 1. The van der Waals surface area contributed by atoms with Crippen molar-refractivity contribution in [2.75, 3.05) is 6.61 Å². The Morgan fingerprint density at radius 3 is 2.52 bits per heavy atom. The third kappa shape index (κ3) is 7.00. The Morgan fingerprint density at radius 1 is 1.11 bits per heavy atom. The monoisotopic (exact) mass is 369 g/mol. The maximum Gasteiger partial charge on any atom is 0.248 e. The molecule has 0 aliphatic rings. The van der Waals surface area contributed by atoms with E-state index in [1.165, 1.54) is 25.7 Å². The van der Waals surface area contributed by atoms with Gasteiger partial charge in [-0.1, -0.05) is 71.1 Å². The smallest absolute Gasteiger partial charge is 0.248 e. The Labute approximate surface area is 162 Å². The second-order valence-corrected chi connectivity index (χ2v) is 7.02. The van der Waals surface area contributed by atoms with Gasteiger partial charge in [0, 0.05) is 12.0 Å². The van der Waals surface area contributed by atoms with Gasteiger partial charge < -0.3 is 4.74 Å². The van der Waals surface area contributed by atoms with Gasteiger partial charge >= 0.3 is 0 Å². The molecule has 0 N–H and O–H groups in total. The van der Waals surface area contributed by atoms with E-state index in [2.05, 4.69) is 17.0 Å². The minimum atomic E-state index is -0.156. The van der Waals surface area contributed by atoms with Gasteiger partial charge in [0.25, 0.3) is 0 Å². The normalized spacial score (nSPS) is 11.8. The van der Waals surface area contributed by atoms with Gasteiger partial charge in [0.15, 0.2) is 0 Å². The summed E-state index contributed by atoms with van der Waals surface area (Å²) in [6.45, 7) is 6.52. The van der Waals surface area contributed by atoms with Crippen LogP contribution in [0.5, 0.6) is 5.88 Å². The van der Waals surface area contributed by atoms with Crippen LogP contribution in [0, 0.1) is 5.92 Å². The van der Waals surface area contributed by atoms with Gasteiger partial charge in [0.2, 0.25) is 11.8 Å². The molecule has 1 aromatic carbocycles. The van der Waals surface area contributed by atoms with Crippen LogP contribution < -0.4 is 10.1 Å². The molecule has 5 nitrogen and oxygen atoms in total. The number of hydrogen-bond donors (Lipinski definition) is 0. The highest BCUT2D eigenvalue weighted by Gasteiger charge is 2.08. The lowest BCUT2D eigenvalue weighted by Gasteiger charge is -2.13. The van der Waals surface area contributed by atoms with E-state index in [4.69, 9.17) is 4.74 Å². The van der Waals surface area contributed by atoms with Crippen molar-refractivity contribution < 1.29 is 9.53 Å².